The fourth-order valence-electron chi connectivity index (χ4n) is 1.72. The third-order valence-corrected chi connectivity index (χ3v) is 2.57. The van der Waals surface area contributed by atoms with Crippen molar-refractivity contribution in [3.05, 3.63) is 0 Å². The molecule has 2 nitrogen and oxygen atoms in total. The summed E-state index contributed by atoms with van der Waals surface area (Å²) in [6.45, 7) is 6.70. The van der Waals surface area contributed by atoms with Crippen LogP contribution in [0.5, 0.6) is 0 Å². The van der Waals surface area contributed by atoms with Crippen LogP contribution in [0.25, 0.3) is 0 Å². The van der Waals surface area contributed by atoms with Crippen molar-refractivity contribution in [2.24, 2.45) is 5.41 Å². The van der Waals surface area contributed by atoms with Gasteiger partial charge in [0.2, 0.25) is 0 Å². The van der Waals surface area contributed by atoms with Gasteiger partial charge in [0.25, 0.3) is 0 Å². The molecule has 1 aliphatic rings. The van der Waals surface area contributed by atoms with Gasteiger partial charge in [-0.25, -0.2) is 0 Å². The Morgan fingerprint density at radius 3 is 2.83 bits per heavy atom. The molecule has 2 heteroatoms. The number of nitrogens with zero attached hydrogens (tertiary/aromatic N) is 1. The lowest BCUT2D eigenvalue weighted by Crippen LogP contribution is -2.48. The first kappa shape index (κ1) is 9.57. The molecule has 1 rings (SSSR count). The fraction of sp³-hybridized carbons (Fsp3) is 0.800. The van der Waals surface area contributed by atoms with Crippen LogP contribution in [0.15, 0.2) is 0 Å². The van der Waals surface area contributed by atoms with E-state index >= 15 is 0 Å². The minimum absolute atomic E-state index is 0.00486. The Labute approximate surface area is 74.6 Å². The zero-order valence-electron chi connectivity index (χ0n) is 7.88. The normalized spacial score (nSPS) is 29.7. The number of hydrogen-bond donors (Lipinski definition) is 1. The molecule has 0 aliphatic carbocycles. The van der Waals surface area contributed by atoms with Crippen LogP contribution in [0.2, 0.25) is 0 Å². The first-order valence-corrected chi connectivity index (χ1v) is 4.40. The summed E-state index contributed by atoms with van der Waals surface area (Å²) in [6.07, 6.45) is 5.90. The Hall–Kier alpha value is -0.520. The van der Waals surface area contributed by atoms with E-state index in [4.69, 9.17) is 6.42 Å². The number of piperidine rings is 1. The van der Waals surface area contributed by atoms with Crippen LogP contribution in [0.3, 0.4) is 0 Å². The zero-order chi connectivity index (χ0) is 9.19. The lowest BCUT2D eigenvalue weighted by Gasteiger charge is -2.41. The van der Waals surface area contributed by atoms with E-state index in [1.165, 1.54) is 0 Å². The van der Waals surface area contributed by atoms with Crippen molar-refractivity contribution in [3.63, 3.8) is 0 Å². The van der Waals surface area contributed by atoms with E-state index in [0.29, 0.717) is 6.54 Å². The molecule has 0 aromatic heterocycles. The van der Waals surface area contributed by atoms with E-state index in [0.717, 1.165) is 19.5 Å². The van der Waals surface area contributed by atoms with Crippen molar-refractivity contribution in [1.29, 1.82) is 0 Å². The molecular formula is C10H17NO. The van der Waals surface area contributed by atoms with Crippen LogP contribution in [0.4, 0.5) is 0 Å². The Morgan fingerprint density at radius 2 is 2.33 bits per heavy atom. The molecule has 0 spiro atoms. The maximum Gasteiger partial charge on any atom is 0.0615 e. The summed E-state index contributed by atoms with van der Waals surface area (Å²) < 4.78 is 0. The van der Waals surface area contributed by atoms with E-state index in [2.05, 4.69) is 24.7 Å². The molecule has 1 atom stereocenters. The van der Waals surface area contributed by atoms with Crippen molar-refractivity contribution < 1.29 is 5.11 Å². The van der Waals surface area contributed by atoms with Crippen molar-refractivity contribution in [2.45, 2.75) is 26.4 Å². The Balaban J connectivity index is 2.52. The zero-order valence-corrected chi connectivity index (χ0v) is 7.88. The highest BCUT2D eigenvalue weighted by Gasteiger charge is 2.33. The van der Waals surface area contributed by atoms with E-state index in [1.807, 2.05) is 0 Å². The summed E-state index contributed by atoms with van der Waals surface area (Å²) in [7, 11) is 0. The molecule has 12 heavy (non-hydrogen) atoms. The summed E-state index contributed by atoms with van der Waals surface area (Å²) in [5, 5.41) is 9.64. The molecule has 0 amide bonds. The highest BCUT2D eigenvalue weighted by Crippen LogP contribution is 2.28. The van der Waals surface area contributed by atoms with Crippen LogP contribution in [-0.4, -0.2) is 35.7 Å². The predicted molar refractivity (Wildman–Crippen MR) is 49.7 cm³/mol. The van der Waals surface area contributed by atoms with Gasteiger partial charge in [0.1, 0.15) is 0 Å². The first-order chi connectivity index (χ1) is 5.56. The second kappa shape index (κ2) is 3.47. The third-order valence-electron chi connectivity index (χ3n) is 2.57. The lowest BCUT2D eigenvalue weighted by molar-refractivity contribution is -0.0201. The molecule has 1 fully saturated rings. The molecule has 1 heterocycles. The SMILES string of the molecule is C#CCN1CCC(O)C(C)(C)C1. The molecule has 0 radical (unpaired) electrons. The predicted octanol–water partition coefficient (Wildman–Crippen LogP) is 0.712. The van der Waals surface area contributed by atoms with E-state index in [1.54, 1.807) is 0 Å². The van der Waals surface area contributed by atoms with Gasteiger partial charge >= 0.3 is 0 Å². The molecule has 0 bridgehead atoms. The minimum atomic E-state index is -0.175. The average Bonchev–Trinajstić information content (AvgIpc) is 1.97. The topological polar surface area (TPSA) is 23.5 Å². The van der Waals surface area contributed by atoms with Crippen LogP contribution < -0.4 is 0 Å². The van der Waals surface area contributed by atoms with E-state index in [9.17, 15) is 5.11 Å². The van der Waals surface area contributed by atoms with Crippen LogP contribution in [-0.2, 0) is 0 Å². The minimum Gasteiger partial charge on any atom is -0.392 e. The van der Waals surface area contributed by atoms with Gasteiger partial charge in [-0.3, -0.25) is 4.90 Å². The summed E-state index contributed by atoms with van der Waals surface area (Å²) >= 11 is 0. The number of terminal acetylenes is 1. The van der Waals surface area contributed by atoms with E-state index in [-0.39, 0.29) is 11.5 Å². The molecule has 1 saturated heterocycles. The smallest absolute Gasteiger partial charge is 0.0615 e. The molecule has 68 valence electrons. The third kappa shape index (κ3) is 2.00. The summed E-state index contributed by atoms with van der Waals surface area (Å²) in [5.74, 6) is 2.63. The van der Waals surface area contributed by atoms with E-state index < -0.39 is 0 Å². The second-order valence-electron chi connectivity index (χ2n) is 4.21. The number of likely N-dealkylation sites (tertiary alicyclic amines) is 1. The van der Waals surface area contributed by atoms with Crippen LogP contribution in [0.1, 0.15) is 20.3 Å². The van der Waals surface area contributed by atoms with Gasteiger partial charge in [0.15, 0.2) is 0 Å². The van der Waals surface area contributed by atoms with Gasteiger partial charge in [-0.15, -0.1) is 6.42 Å². The number of rotatable bonds is 1. The van der Waals surface area contributed by atoms with Gasteiger partial charge in [0, 0.05) is 18.5 Å². The highest BCUT2D eigenvalue weighted by atomic mass is 16.3. The van der Waals surface area contributed by atoms with Crippen LogP contribution >= 0.6 is 0 Å². The molecular weight excluding hydrogens is 150 g/mol. The van der Waals surface area contributed by atoms with Gasteiger partial charge in [-0.2, -0.15) is 0 Å². The average molecular weight is 167 g/mol. The van der Waals surface area contributed by atoms with Crippen molar-refractivity contribution in [2.75, 3.05) is 19.6 Å². The maximum absolute atomic E-state index is 9.64. The molecule has 1 aliphatic heterocycles. The van der Waals surface area contributed by atoms with Crippen LogP contribution in [0, 0.1) is 17.8 Å². The number of aliphatic hydroxyl groups is 1. The molecule has 0 aromatic carbocycles. The Morgan fingerprint density at radius 1 is 1.67 bits per heavy atom. The van der Waals surface area contributed by atoms with Crippen molar-refractivity contribution in [1.82, 2.24) is 4.90 Å². The molecule has 0 aromatic rings. The van der Waals surface area contributed by atoms with Crippen molar-refractivity contribution in [3.8, 4) is 12.3 Å². The lowest BCUT2D eigenvalue weighted by atomic mass is 9.81. The van der Waals surface area contributed by atoms with Gasteiger partial charge in [-0.1, -0.05) is 19.8 Å². The molecule has 1 unspecified atom stereocenters. The quantitative estimate of drug-likeness (QED) is 0.581. The highest BCUT2D eigenvalue weighted by molar-refractivity contribution is 4.93. The number of aliphatic hydroxyl groups excluding tert-OH is 1. The van der Waals surface area contributed by atoms with Gasteiger partial charge in [-0.05, 0) is 6.42 Å². The maximum atomic E-state index is 9.64. The second-order valence-corrected chi connectivity index (χ2v) is 4.21. The monoisotopic (exact) mass is 167 g/mol. The standard InChI is InChI=1S/C10H17NO/c1-4-6-11-7-5-9(12)10(2,3)8-11/h1,9,12H,5-8H2,2-3H3. The number of hydrogen-bond acceptors (Lipinski definition) is 2. The summed E-state index contributed by atoms with van der Waals surface area (Å²) in [6, 6.07) is 0. The summed E-state index contributed by atoms with van der Waals surface area (Å²) in [5.41, 5.74) is -0.00486. The first-order valence-electron chi connectivity index (χ1n) is 4.40. The van der Waals surface area contributed by atoms with Gasteiger partial charge < -0.3 is 5.11 Å². The van der Waals surface area contributed by atoms with Crippen molar-refractivity contribution >= 4 is 0 Å². The molecule has 0 saturated carbocycles. The van der Waals surface area contributed by atoms with Gasteiger partial charge in [0.05, 0.1) is 12.6 Å². The fourth-order valence-corrected chi connectivity index (χ4v) is 1.72. The largest absolute Gasteiger partial charge is 0.392 e. The Kier molecular flexibility index (Phi) is 2.76. The summed E-state index contributed by atoms with van der Waals surface area (Å²) in [4.78, 5) is 2.22. The Bertz CT molecular complexity index is 193. The molecule has 1 N–H and O–H groups in total.